The number of rotatable bonds is 12. The minimum Gasteiger partial charge on any atom is -0.484 e. The van der Waals surface area contributed by atoms with Crippen LogP contribution in [-0.4, -0.2) is 29.6 Å². The first-order valence-corrected chi connectivity index (χ1v) is 11.6. The van der Waals surface area contributed by atoms with E-state index >= 15 is 0 Å². The van der Waals surface area contributed by atoms with Crippen LogP contribution < -0.4 is 15.7 Å². The molecule has 1 atom stereocenters. The second-order valence-corrected chi connectivity index (χ2v) is 8.40. The van der Waals surface area contributed by atoms with E-state index in [1.54, 1.807) is 24.3 Å². The number of benzene rings is 2. The van der Waals surface area contributed by atoms with E-state index in [-0.39, 0.29) is 18.7 Å². The van der Waals surface area contributed by atoms with Crippen molar-refractivity contribution in [3.8, 4) is 5.75 Å². The van der Waals surface area contributed by atoms with E-state index in [4.69, 9.17) is 9.15 Å². The molecule has 0 aliphatic heterocycles. The number of hydrogen-bond donors (Lipinski definition) is 2. The molecule has 0 unspecified atom stereocenters. The van der Waals surface area contributed by atoms with Crippen LogP contribution in [-0.2, 0) is 22.4 Å². The van der Waals surface area contributed by atoms with Gasteiger partial charge in [-0.2, -0.15) is 0 Å². The van der Waals surface area contributed by atoms with Crippen LogP contribution in [0.15, 0.2) is 57.7 Å². The van der Waals surface area contributed by atoms with Crippen molar-refractivity contribution in [2.45, 2.75) is 58.4 Å². The molecule has 2 N–H and O–H groups in total. The standard InChI is InChI=1S/C27H31NO6/c1-3-4-5-9-12-22-18(2)21-14-13-20(16-24(21)34-27(22)32)33-17-25(29)28-23(26(30)31)15-19-10-7-6-8-11-19/h6-8,10-11,13-14,16,23H,3-5,9,12,15,17H2,1-2H3,(H,28,29)(H,30,31)/t23-/m1/s1. The molecule has 180 valence electrons. The van der Waals surface area contributed by atoms with Crippen molar-refractivity contribution in [2.75, 3.05) is 6.61 Å². The summed E-state index contributed by atoms with van der Waals surface area (Å²) in [6.45, 7) is 3.71. The van der Waals surface area contributed by atoms with E-state index in [9.17, 15) is 19.5 Å². The lowest BCUT2D eigenvalue weighted by molar-refractivity contribution is -0.142. The lowest BCUT2D eigenvalue weighted by Crippen LogP contribution is -2.44. The van der Waals surface area contributed by atoms with Gasteiger partial charge in [0.05, 0.1) is 0 Å². The zero-order chi connectivity index (χ0) is 24.5. The van der Waals surface area contributed by atoms with Gasteiger partial charge in [-0.05, 0) is 43.0 Å². The number of aryl methyl sites for hydroxylation is 1. The number of unbranched alkanes of at least 4 members (excludes halogenated alkanes) is 3. The highest BCUT2D eigenvalue weighted by atomic mass is 16.5. The van der Waals surface area contributed by atoms with E-state index in [0.717, 1.165) is 42.2 Å². The van der Waals surface area contributed by atoms with Gasteiger partial charge in [-0.15, -0.1) is 0 Å². The van der Waals surface area contributed by atoms with Gasteiger partial charge in [-0.1, -0.05) is 56.5 Å². The summed E-state index contributed by atoms with van der Waals surface area (Å²) in [6, 6.07) is 13.1. The van der Waals surface area contributed by atoms with Gasteiger partial charge in [0.2, 0.25) is 0 Å². The van der Waals surface area contributed by atoms with Crippen molar-refractivity contribution in [2.24, 2.45) is 0 Å². The number of nitrogens with one attached hydrogen (secondary N) is 1. The van der Waals surface area contributed by atoms with Crippen LogP contribution in [0.2, 0.25) is 0 Å². The minimum atomic E-state index is -1.12. The molecule has 0 saturated heterocycles. The Morgan fingerprint density at radius 2 is 1.85 bits per heavy atom. The summed E-state index contributed by atoms with van der Waals surface area (Å²) in [5.74, 6) is -1.31. The van der Waals surface area contributed by atoms with Crippen LogP contribution in [0.4, 0.5) is 0 Å². The Hall–Kier alpha value is -3.61. The molecule has 3 aromatic rings. The summed E-state index contributed by atoms with van der Waals surface area (Å²) in [7, 11) is 0. The smallest absolute Gasteiger partial charge is 0.339 e. The molecule has 0 bridgehead atoms. The quantitative estimate of drug-likeness (QED) is 0.303. The fraction of sp³-hybridized carbons (Fsp3) is 0.370. The summed E-state index contributed by atoms with van der Waals surface area (Å²) < 4.78 is 11.1. The van der Waals surface area contributed by atoms with Crippen molar-refractivity contribution >= 4 is 22.8 Å². The number of carbonyl (C=O) groups is 2. The van der Waals surface area contributed by atoms with Gasteiger partial charge in [-0.25, -0.2) is 9.59 Å². The predicted molar refractivity (Wildman–Crippen MR) is 130 cm³/mol. The number of amides is 1. The maximum absolute atomic E-state index is 12.5. The van der Waals surface area contributed by atoms with Gasteiger partial charge >= 0.3 is 11.6 Å². The number of carboxylic acids is 1. The molecule has 1 aromatic heterocycles. The molecule has 0 fully saturated rings. The highest BCUT2D eigenvalue weighted by Crippen LogP contribution is 2.25. The van der Waals surface area contributed by atoms with Gasteiger partial charge in [-0.3, -0.25) is 4.79 Å². The van der Waals surface area contributed by atoms with Crippen LogP contribution in [0.3, 0.4) is 0 Å². The molecule has 0 spiro atoms. The number of hydrogen-bond acceptors (Lipinski definition) is 5. The zero-order valence-electron chi connectivity index (χ0n) is 19.6. The third kappa shape index (κ3) is 6.70. The Morgan fingerprint density at radius 3 is 2.56 bits per heavy atom. The topological polar surface area (TPSA) is 106 Å². The highest BCUT2D eigenvalue weighted by molar-refractivity contribution is 5.85. The summed E-state index contributed by atoms with van der Waals surface area (Å²) >= 11 is 0. The van der Waals surface area contributed by atoms with Crippen LogP contribution >= 0.6 is 0 Å². The average molecular weight is 466 g/mol. The number of aliphatic carboxylic acids is 1. The van der Waals surface area contributed by atoms with Crippen LogP contribution in [0, 0.1) is 6.92 Å². The van der Waals surface area contributed by atoms with Crippen molar-refractivity contribution in [3.05, 3.63) is 75.6 Å². The van der Waals surface area contributed by atoms with Gasteiger partial charge in [0.1, 0.15) is 17.4 Å². The maximum atomic E-state index is 12.5. The van der Waals surface area contributed by atoms with Gasteiger partial charge in [0.25, 0.3) is 5.91 Å². The molecule has 7 heteroatoms. The molecular formula is C27H31NO6. The molecule has 2 aromatic carbocycles. The van der Waals surface area contributed by atoms with Gasteiger partial charge in [0.15, 0.2) is 6.61 Å². The summed E-state index contributed by atoms with van der Waals surface area (Å²) in [5, 5.41) is 12.8. The van der Waals surface area contributed by atoms with E-state index in [2.05, 4.69) is 12.2 Å². The van der Waals surface area contributed by atoms with E-state index in [0.29, 0.717) is 23.3 Å². The second-order valence-electron chi connectivity index (χ2n) is 8.40. The highest BCUT2D eigenvalue weighted by Gasteiger charge is 2.21. The summed E-state index contributed by atoms with van der Waals surface area (Å²) in [4.78, 5) is 36.4. The lowest BCUT2D eigenvalue weighted by Gasteiger charge is -2.15. The Morgan fingerprint density at radius 1 is 1.09 bits per heavy atom. The van der Waals surface area contributed by atoms with Crippen molar-refractivity contribution < 1.29 is 23.8 Å². The molecule has 0 aliphatic carbocycles. The SMILES string of the molecule is CCCCCCc1c(C)c2ccc(OCC(=O)N[C@H](Cc3ccccc3)C(=O)O)cc2oc1=O. The Labute approximate surface area is 198 Å². The Bertz CT molecular complexity index is 1180. The fourth-order valence-corrected chi connectivity index (χ4v) is 3.92. The monoisotopic (exact) mass is 465 g/mol. The molecule has 0 aliphatic rings. The number of carbonyl (C=O) groups excluding carboxylic acids is 1. The first-order valence-electron chi connectivity index (χ1n) is 11.6. The Kier molecular flexibility index (Phi) is 8.85. The molecule has 1 amide bonds. The van der Waals surface area contributed by atoms with Crippen LogP contribution in [0.25, 0.3) is 11.0 Å². The van der Waals surface area contributed by atoms with Gasteiger partial charge in [0, 0.05) is 23.4 Å². The number of ether oxygens (including phenoxy) is 1. The number of fused-ring (bicyclic) bond motifs is 1. The molecule has 3 rings (SSSR count). The predicted octanol–water partition coefficient (Wildman–Crippen LogP) is 4.42. The second kappa shape index (κ2) is 12.0. The Balaban J connectivity index is 1.63. The van der Waals surface area contributed by atoms with Crippen molar-refractivity contribution in [1.29, 1.82) is 0 Å². The van der Waals surface area contributed by atoms with E-state index in [1.807, 2.05) is 31.2 Å². The molecule has 7 nitrogen and oxygen atoms in total. The van der Waals surface area contributed by atoms with Gasteiger partial charge < -0.3 is 19.6 Å². The van der Waals surface area contributed by atoms with Crippen LogP contribution in [0.5, 0.6) is 5.75 Å². The third-order valence-corrected chi connectivity index (χ3v) is 5.83. The maximum Gasteiger partial charge on any atom is 0.339 e. The summed E-state index contributed by atoms with van der Waals surface area (Å²) in [5.41, 5.74) is 2.46. The molecule has 0 saturated carbocycles. The van der Waals surface area contributed by atoms with Crippen LogP contribution in [0.1, 0.15) is 49.3 Å². The average Bonchev–Trinajstić information content (AvgIpc) is 2.82. The zero-order valence-corrected chi connectivity index (χ0v) is 19.6. The van der Waals surface area contributed by atoms with E-state index in [1.165, 1.54) is 0 Å². The van der Waals surface area contributed by atoms with Crippen molar-refractivity contribution in [3.63, 3.8) is 0 Å². The van der Waals surface area contributed by atoms with Crippen molar-refractivity contribution in [1.82, 2.24) is 5.32 Å². The molecule has 34 heavy (non-hydrogen) atoms. The lowest BCUT2D eigenvalue weighted by atomic mass is 10.0. The summed E-state index contributed by atoms with van der Waals surface area (Å²) in [6.07, 6.45) is 5.17. The third-order valence-electron chi connectivity index (χ3n) is 5.83. The molecule has 1 heterocycles. The fourth-order valence-electron chi connectivity index (χ4n) is 3.92. The first-order chi connectivity index (χ1) is 16.4. The molecule has 0 radical (unpaired) electrons. The first kappa shape index (κ1) is 25.0. The molecular weight excluding hydrogens is 434 g/mol. The number of carboxylic acid groups (broad SMARTS) is 1. The normalized spacial score (nSPS) is 11.8. The van der Waals surface area contributed by atoms with E-state index < -0.39 is 17.9 Å². The minimum absolute atomic E-state index is 0.170. The largest absolute Gasteiger partial charge is 0.484 e.